The normalized spacial score (nSPS) is 22.6. The molecule has 3 heterocycles. The van der Waals surface area contributed by atoms with E-state index in [0.717, 1.165) is 29.6 Å². The number of aromatic nitrogens is 3. The highest BCUT2D eigenvalue weighted by atomic mass is 79.9. The molecule has 0 bridgehead atoms. The third-order valence-corrected chi connectivity index (χ3v) is 4.71. The lowest BCUT2D eigenvalue weighted by molar-refractivity contribution is -0.0629. The lowest BCUT2D eigenvalue weighted by atomic mass is 9.85. The molecule has 19 heavy (non-hydrogen) atoms. The average Bonchev–Trinajstić information content (AvgIpc) is 2.97. The second-order valence-corrected chi connectivity index (χ2v) is 6.86. The van der Waals surface area contributed by atoms with Gasteiger partial charge < -0.3 is 9.26 Å². The van der Waals surface area contributed by atoms with Crippen molar-refractivity contribution in [3.05, 3.63) is 15.9 Å². The summed E-state index contributed by atoms with van der Waals surface area (Å²) in [6.07, 6.45) is 1.93. The van der Waals surface area contributed by atoms with Crippen LogP contribution >= 0.6 is 27.5 Å². The van der Waals surface area contributed by atoms with Crippen LogP contribution in [0.5, 0.6) is 0 Å². The molecule has 1 unspecified atom stereocenters. The van der Waals surface area contributed by atoms with Crippen LogP contribution in [-0.4, -0.2) is 21.1 Å². The second kappa shape index (κ2) is 4.96. The number of hydrogen-bond acceptors (Lipinski definition) is 6. The molecule has 1 saturated heterocycles. The molecule has 0 spiro atoms. The number of nitrogens with zero attached hydrogens (tertiary/aromatic N) is 3. The predicted molar refractivity (Wildman–Crippen MR) is 74.8 cm³/mol. The van der Waals surface area contributed by atoms with Gasteiger partial charge >= 0.3 is 0 Å². The molecule has 0 aliphatic carbocycles. The van der Waals surface area contributed by atoms with Gasteiger partial charge in [-0.3, -0.25) is 0 Å². The summed E-state index contributed by atoms with van der Waals surface area (Å²) in [6.45, 7) is 5.13. The Kier molecular flexibility index (Phi) is 3.44. The summed E-state index contributed by atoms with van der Waals surface area (Å²) in [4.78, 5) is 4.42. The number of halogens is 1. The van der Waals surface area contributed by atoms with Gasteiger partial charge in [0.05, 0.1) is 12.2 Å². The molecular weight excluding hydrogens is 330 g/mol. The van der Waals surface area contributed by atoms with E-state index < -0.39 is 0 Å². The smallest absolute Gasteiger partial charge is 0.256 e. The molecule has 0 amide bonds. The zero-order chi connectivity index (χ0) is 13.5. The number of hydrogen-bond donors (Lipinski definition) is 0. The predicted octanol–water partition coefficient (Wildman–Crippen LogP) is 3.83. The molecule has 7 heteroatoms. The highest BCUT2D eigenvalue weighted by Gasteiger charge is 2.31. The maximum atomic E-state index is 5.82. The third kappa shape index (κ3) is 2.73. The molecule has 1 atom stereocenters. The molecule has 3 rings (SSSR count). The number of rotatable bonds is 2. The summed E-state index contributed by atoms with van der Waals surface area (Å²) in [5.41, 5.74) is 1.09. The minimum Gasteiger partial charge on any atom is -0.368 e. The molecule has 0 radical (unpaired) electrons. The van der Waals surface area contributed by atoms with Crippen molar-refractivity contribution < 1.29 is 9.26 Å². The second-order valence-electron chi connectivity index (χ2n) is 5.48. The summed E-state index contributed by atoms with van der Waals surface area (Å²) < 4.78 is 16.0. The SMILES string of the molecule is CC1(C)CCC(c2nc(-c3csnc3Br)no2)OC1. The van der Waals surface area contributed by atoms with Crippen molar-refractivity contribution >= 4 is 27.5 Å². The largest absolute Gasteiger partial charge is 0.368 e. The van der Waals surface area contributed by atoms with Crippen molar-refractivity contribution in [2.45, 2.75) is 32.8 Å². The third-order valence-electron chi connectivity index (χ3n) is 3.24. The Morgan fingerprint density at radius 3 is 2.95 bits per heavy atom. The molecule has 0 aromatic carbocycles. The van der Waals surface area contributed by atoms with Crippen molar-refractivity contribution in [2.75, 3.05) is 6.61 Å². The fraction of sp³-hybridized carbons (Fsp3) is 0.583. The van der Waals surface area contributed by atoms with Crippen LogP contribution in [0, 0.1) is 5.41 Å². The Balaban J connectivity index is 1.77. The van der Waals surface area contributed by atoms with Gasteiger partial charge in [0.2, 0.25) is 5.82 Å². The monoisotopic (exact) mass is 343 g/mol. The molecule has 1 aliphatic rings. The van der Waals surface area contributed by atoms with Crippen LogP contribution < -0.4 is 0 Å². The van der Waals surface area contributed by atoms with Crippen molar-refractivity contribution in [3.8, 4) is 11.4 Å². The summed E-state index contributed by atoms with van der Waals surface area (Å²) in [7, 11) is 0. The van der Waals surface area contributed by atoms with E-state index in [1.807, 2.05) is 5.38 Å². The molecule has 2 aromatic heterocycles. The van der Waals surface area contributed by atoms with Gasteiger partial charge in [0.15, 0.2) is 0 Å². The van der Waals surface area contributed by atoms with E-state index in [0.29, 0.717) is 11.7 Å². The Labute approximate surface area is 123 Å². The fourth-order valence-electron chi connectivity index (χ4n) is 2.04. The minimum absolute atomic E-state index is 0.0837. The molecule has 1 fully saturated rings. The van der Waals surface area contributed by atoms with E-state index in [-0.39, 0.29) is 11.5 Å². The van der Waals surface area contributed by atoms with Gasteiger partial charge in [0.1, 0.15) is 10.7 Å². The van der Waals surface area contributed by atoms with Crippen molar-refractivity contribution in [2.24, 2.45) is 5.41 Å². The lowest BCUT2D eigenvalue weighted by Gasteiger charge is -2.32. The van der Waals surface area contributed by atoms with Crippen LogP contribution in [0.25, 0.3) is 11.4 Å². The Hall–Kier alpha value is -0.790. The van der Waals surface area contributed by atoms with Gasteiger partial charge in [-0.1, -0.05) is 19.0 Å². The molecule has 0 saturated carbocycles. The molecule has 1 aliphatic heterocycles. The van der Waals surface area contributed by atoms with E-state index in [1.54, 1.807) is 0 Å². The zero-order valence-electron chi connectivity index (χ0n) is 10.7. The topological polar surface area (TPSA) is 61.0 Å². The van der Waals surface area contributed by atoms with E-state index in [4.69, 9.17) is 9.26 Å². The van der Waals surface area contributed by atoms with Gasteiger partial charge in [-0.2, -0.15) is 9.36 Å². The molecule has 5 nitrogen and oxygen atoms in total. The van der Waals surface area contributed by atoms with Crippen LogP contribution in [0.4, 0.5) is 0 Å². The van der Waals surface area contributed by atoms with Crippen LogP contribution in [0.1, 0.15) is 38.7 Å². The van der Waals surface area contributed by atoms with E-state index >= 15 is 0 Å². The molecule has 0 N–H and O–H groups in total. The number of ether oxygens (including phenoxy) is 1. The van der Waals surface area contributed by atoms with Crippen LogP contribution in [0.2, 0.25) is 0 Å². The maximum Gasteiger partial charge on any atom is 0.256 e. The van der Waals surface area contributed by atoms with E-state index in [1.165, 1.54) is 11.5 Å². The van der Waals surface area contributed by atoms with E-state index in [2.05, 4.69) is 44.3 Å². The van der Waals surface area contributed by atoms with Crippen LogP contribution in [0.15, 0.2) is 14.5 Å². The van der Waals surface area contributed by atoms with Gasteiger partial charge in [-0.15, -0.1) is 0 Å². The van der Waals surface area contributed by atoms with Crippen molar-refractivity contribution in [1.82, 2.24) is 14.5 Å². The zero-order valence-corrected chi connectivity index (χ0v) is 13.1. The van der Waals surface area contributed by atoms with Gasteiger partial charge in [-0.25, -0.2) is 0 Å². The first-order valence-corrected chi connectivity index (χ1v) is 7.74. The molecular formula is C12H14BrN3O2S. The standard InChI is InChI=1S/C12H14BrN3O2S/c1-12(2)4-3-8(17-6-12)11-14-10(15-18-11)7-5-19-16-9(7)13/h5,8H,3-4,6H2,1-2H3. The lowest BCUT2D eigenvalue weighted by Crippen LogP contribution is -2.27. The quantitative estimate of drug-likeness (QED) is 0.828. The highest BCUT2D eigenvalue weighted by Crippen LogP contribution is 2.37. The summed E-state index contributed by atoms with van der Waals surface area (Å²) in [6, 6.07) is 0. The average molecular weight is 344 g/mol. The minimum atomic E-state index is -0.0837. The first-order valence-electron chi connectivity index (χ1n) is 6.11. The first kappa shape index (κ1) is 13.2. The summed E-state index contributed by atoms with van der Waals surface area (Å²) in [5.74, 6) is 1.12. The van der Waals surface area contributed by atoms with Crippen LogP contribution in [0.3, 0.4) is 0 Å². The summed E-state index contributed by atoms with van der Waals surface area (Å²) in [5, 5.41) is 5.89. The van der Waals surface area contributed by atoms with Gasteiger partial charge in [-0.05, 0) is 45.7 Å². The highest BCUT2D eigenvalue weighted by molar-refractivity contribution is 9.10. The molecule has 2 aromatic rings. The molecule has 102 valence electrons. The first-order chi connectivity index (χ1) is 9.05. The Bertz CT molecular complexity index is 571. The van der Waals surface area contributed by atoms with Crippen LogP contribution in [-0.2, 0) is 4.74 Å². The summed E-state index contributed by atoms with van der Waals surface area (Å²) >= 11 is 4.73. The Morgan fingerprint density at radius 2 is 2.32 bits per heavy atom. The van der Waals surface area contributed by atoms with Gasteiger partial charge in [0.25, 0.3) is 5.89 Å². The fourth-order valence-corrected chi connectivity index (χ4v) is 3.30. The maximum absolute atomic E-state index is 5.82. The van der Waals surface area contributed by atoms with Crippen molar-refractivity contribution in [1.29, 1.82) is 0 Å². The Morgan fingerprint density at radius 1 is 1.47 bits per heavy atom. The van der Waals surface area contributed by atoms with Crippen molar-refractivity contribution in [3.63, 3.8) is 0 Å². The van der Waals surface area contributed by atoms with Gasteiger partial charge in [0, 0.05) is 5.38 Å². The van der Waals surface area contributed by atoms with E-state index in [9.17, 15) is 0 Å².